The molecule has 2 heterocycles. The Morgan fingerprint density at radius 3 is 2.53 bits per heavy atom. The van der Waals surface area contributed by atoms with Crippen molar-refractivity contribution in [1.82, 2.24) is 9.80 Å². The fourth-order valence-electron chi connectivity index (χ4n) is 3.67. The molecule has 2 rings (SSSR count). The Morgan fingerprint density at radius 2 is 1.89 bits per heavy atom. The van der Waals surface area contributed by atoms with Crippen LogP contribution in [0.15, 0.2) is 0 Å². The van der Waals surface area contributed by atoms with E-state index in [0.717, 1.165) is 13.0 Å². The summed E-state index contributed by atoms with van der Waals surface area (Å²) in [6.07, 6.45) is 7.44. The lowest BCUT2D eigenvalue weighted by Gasteiger charge is -2.44. The van der Waals surface area contributed by atoms with Gasteiger partial charge in [0.2, 0.25) is 0 Å². The highest BCUT2D eigenvalue weighted by atomic mass is 16.4. The van der Waals surface area contributed by atoms with Crippen molar-refractivity contribution in [2.75, 3.05) is 26.2 Å². The van der Waals surface area contributed by atoms with Gasteiger partial charge in [-0.25, -0.2) is 0 Å². The smallest absolute Gasteiger partial charge is 0.303 e. The van der Waals surface area contributed by atoms with E-state index in [1.54, 1.807) is 0 Å². The summed E-state index contributed by atoms with van der Waals surface area (Å²) in [4.78, 5) is 15.9. The molecule has 0 aromatic carbocycles. The zero-order valence-electron chi connectivity index (χ0n) is 12.2. The van der Waals surface area contributed by atoms with E-state index in [9.17, 15) is 4.79 Å². The molecule has 0 amide bonds. The first-order valence-corrected chi connectivity index (χ1v) is 7.90. The van der Waals surface area contributed by atoms with E-state index in [-0.39, 0.29) is 0 Å². The third-order valence-corrected chi connectivity index (χ3v) is 4.84. The molecule has 2 aliphatic heterocycles. The maximum Gasteiger partial charge on any atom is 0.303 e. The Balaban J connectivity index is 1.86. The second-order valence-corrected chi connectivity index (χ2v) is 5.99. The summed E-state index contributed by atoms with van der Waals surface area (Å²) in [6.45, 7) is 7.00. The topological polar surface area (TPSA) is 43.8 Å². The Labute approximate surface area is 116 Å². The highest BCUT2D eigenvalue weighted by Gasteiger charge is 2.31. The van der Waals surface area contributed by atoms with Gasteiger partial charge in [-0.3, -0.25) is 9.69 Å². The summed E-state index contributed by atoms with van der Waals surface area (Å²) in [6, 6.07) is 1.21. The maximum atomic E-state index is 10.8. The Hall–Kier alpha value is -0.610. The van der Waals surface area contributed by atoms with Gasteiger partial charge in [0.1, 0.15) is 0 Å². The molecular formula is C15H28N2O2. The molecule has 0 radical (unpaired) electrons. The van der Waals surface area contributed by atoms with Crippen molar-refractivity contribution < 1.29 is 9.90 Å². The number of carboxylic acids is 1. The number of rotatable bonds is 5. The van der Waals surface area contributed by atoms with Crippen LogP contribution in [-0.4, -0.2) is 59.1 Å². The molecule has 2 aliphatic rings. The molecule has 1 unspecified atom stereocenters. The van der Waals surface area contributed by atoms with E-state index in [2.05, 4.69) is 16.7 Å². The molecule has 0 aromatic heterocycles. The van der Waals surface area contributed by atoms with E-state index >= 15 is 0 Å². The van der Waals surface area contributed by atoms with Crippen LogP contribution in [0.3, 0.4) is 0 Å². The summed E-state index contributed by atoms with van der Waals surface area (Å²) in [7, 11) is 0. The van der Waals surface area contributed by atoms with Gasteiger partial charge in [0.15, 0.2) is 0 Å². The second-order valence-electron chi connectivity index (χ2n) is 5.99. The van der Waals surface area contributed by atoms with Gasteiger partial charge in [-0.2, -0.15) is 0 Å². The van der Waals surface area contributed by atoms with Crippen molar-refractivity contribution in [1.29, 1.82) is 0 Å². The molecule has 0 aliphatic carbocycles. The van der Waals surface area contributed by atoms with Gasteiger partial charge in [0.25, 0.3) is 0 Å². The van der Waals surface area contributed by atoms with E-state index < -0.39 is 5.97 Å². The van der Waals surface area contributed by atoms with Crippen molar-refractivity contribution in [3.05, 3.63) is 0 Å². The zero-order valence-corrected chi connectivity index (χ0v) is 12.2. The maximum absolute atomic E-state index is 10.8. The lowest BCUT2D eigenvalue weighted by molar-refractivity contribution is -0.137. The number of piperidine rings is 2. The predicted molar refractivity (Wildman–Crippen MR) is 76.4 cm³/mol. The van der Waals surface area contributed by atoms with Crippen LogP contribution < -0.4 is 0 Å². The summed E-state index contributed by atoms with van der Waals surface area (Å²) in [5.74, 6) is -0.647. The largest absolute Gasteiger partial charge is 0.481 e. The van der Waals surface area contributed by atoms with Crippen LogP contribution in [0.1, 0.15) is 51.9 Å². The molecule has 1 atom stereocenters. The highest BCUT2D eigenvalue weighted by Crippen LogP contribution is 2.27. The summed E-state index contributed by atoms with van der Waals surface area (Å²) in [5, 5.41) is 8.88. The Kier molecular flexibility index (Phi) is 5.64. The SMILES string of the molecule is CCN1CCC(N2CCCCC2CCC(=O)O)CC1. The summed E-state index contributed by atoms with van der Waals surface area (Å²) < 4.78 is 0. The van der Waals surface area contributed by atoms with Crippen LogP contribution in [0.2, 0.25) is 0 Å². The number of hydrogen-bond donors (Lipinski definition) is 1. The predicted octanol–water partition coefficient (Wildman–Crippen LogP) is 2.19. The van der Waals surface area contributed by atoms with Crippen LogP contribution in [0.25, 0.3) is 0 Å². The van der Waals surface area contributed by atoms with Crippen molar-refractivity contribution in [2.24, 2.45) is 0 Å². The molecule has 1 N–H and O–H groups in total. The molecule has 19 heavy (non-hydrogen) atoms. The molecular weight excluding hydrogens is 240 g/mol. The van der Waals surface area contributed by atoms with Crippen molar-refractivity contribution in [3.63, 3.8) is 0 Å². The molecule has 2 fully saturated rings. The minimum atomic E-state index is -0.647. The van der Waals surface area contributed by atoms with E-state index in [4.69, 9.17) is 5.11 Å². The van der Waals surface area contributed by atoms with Gasteiger partial charge in [-0.1, -0.05) is 13.3 Å². The third kappa shape index (κ3) is 4.18. The van der Waals surface area contributed by atoms with Crippen molar-refractivity contribution in [2.45, 2.75) is 64.0 Å². The first kappa shape index (κ1) is 14.8. The van der Waals surface area contributed by atoms with E-state index in [1.165, 1.54) is 51.7 Å². The van der Waals surface area contributed by atoms with Crippen LogP contribution in [0.4, 0.5) is 0 Å². The van der Waals surface area contributed by atoms with Crippen LogP contribution >= 0.6 is 0 Å². The average molecular weight is 268 g/mol. The van der Waals surface area contributed by atoms with Crippen LogP contribution in [0.5, 0.6) is 0 Å². The first-order chi connectivity index (χ1) is 9.20. The fourth-order valence-corrected chi connectivity index (χ4v) is 3.67. The number of aliphatic carboxylic acids is 1. The molecule has 2 saturated heterocycles. The lowest BCUT2D eigenvalue weighted by atomic mass is 9.92. The highest BCUT2D eigenvalue weighted by molar-refractivity contribution is 5.66. The van der Waals surface area contributed by atoms with Gasteiger partial charge in [-0.05, 0) is 58.3 Å². The lowest BCUT2D eigenvalue weighted by Crippen LogP contribution is -2.51. The Morgan fingerprint density at radius 1 is 1.16 bits per heavy atom. The van der Waals surface area contributed by atoms with Gasteiger partial charge in [0.05, 0.1) is 0 Å². The first-order valence-electron chi connectivity index (χ1n) is 7.90. The minimum Gasteiger partial charge on any atom is -0.481 e. The van der Waals surface area contributed by atoms with Crippen LogP contribution in [0, 0.1) is 0 Å². The molecule has 0 saturated carbocycles. The third-order valence-electron chi connectivity index (χ3n) is 4.84. The van der Waals surface area contributed by atoms with Gasteiger partial charge in [0, 0.05) is 18.5 Å². The van der Waals surface area contributed by atoms with Gasteiger partial charge in [-0.15, -0.1) is 0 Å². The molecule has 0 bridgehead atoms. The molecule has 4 heteroatoms. The normalized spacial score (nSPS) is 27.5. The standard InChI is InChI=1S/C15H28N2O2/c1-2-16-11-8-14(9-12-16)17-10-4-3-5-13(17)6-7-15(18)19/h13-14H,2-12H2,1H3,(H,18,19). The summed E-state index contributed by atoms with van der Waals surface area (Å²) in [5.41, 5.74) is 0. The monoisotopic (exact) mass is 268 g/mol. The number of carbonyl (C=O) groups is 1. The Bertz CT molecular complexity index is 288. The summed E-state index contributed by atoms with van der Waals surface area (Å²) >= 11 is 0. The zero-order chi connectivity index (χ0) is 13.7. The fraction of sp³-hybridized carbons (Fsp3) is 0.933. The van der Waals surface area contributed by atoms with Crippen LogP contribution in [-0.2, 0) is 4.79 Å². The van der Waals surface area contributed by atoms with Crippen molar-refractivity contribution >= 4 is 5.97 Å². The molecule has 0 aromatic rings. The number of hydrogen-bond acceptors (Lipinski definition) is 3. The van der Waals surface area contributed by atoms with E-state index in [1.807, 2.05) is 0 Å². The molecule has 0 spiro atoms. The van der Waals surface area contributed by atoms with E-state index in [0.29, 0.717) is 18.5 Å². The second kappa shape index (κ2) is 7.25. The average Bonchev–Trinajstić information content (AvgIpc) is 2.45. The van der Waals surface area contributed by atoms with Gasteiger partial charge < -0.3 is 10.0 Å². The minimum absolute atomic E-state index is 0.328. The number of nitrogens with zero attached hydrogens (tertiary/aromatic N) is 2. The van der Waals surface area contributed by atoms with Crippen molar-refractivity contribution in [3.8, 4) is 0 Å². The molecule has 4 nitrogen and oxygen atoms in total. The number of carboxylic acid groups (broad SMARTS) is 1. The van der Waals surface area contributed by atoms with Gasteiger partial charge >= 0.3 is 5.97 Å². The molecule has 110 valence electrons. The quantitative estimate of drug-likeness (QED) is 0.830. The number of likely N-dealkylation sites (tertiary alicyclic amines) is 2.